The van der Waals surface area contributed by atoms with E-state index in [2.05, 4.69) is 97.0 Å². The normalized spacial score (nSPS) is 12.4. The predicted molar refractivity (Wildman–Crippen MR) is 127 cm³/mol. The third-order valence-corrected chi connectivity index (χ3v) is 4.40. The molecule has 0 heterocycles. The summed E-state index contributed by atoms with van der Waals surface area (Å²) < 4.78 is 0. The van der Waals surface area contributed by atoms with Gasteiger partial charge in [-0.25, -0.2) is 0 Å². The molecule has 0 spiro atoms. The number of guanidine groups is 1. The second kappa shape index (κ2) is 12.0. The van der Waals surface area contributed by atoms with Crippen LogP contribution in [0.4, 0.5) is 0 Å². The zero-order chi connectivity index (χ0) is 18.9. The molecule has 0 saturated carbocycles. The molecule has 0 aliphatic heterocycles. The summed E-state index contributed by atoms with van der Waals surface area (Å²) in [5, 5.41) is 6.84. The Balaban J connectivity index is 0.00000364. The highest BCUT2D eigenvalue weighted by Crippen LogP contribution is 2.14. The molecule has 0 aliphatic rings. The van der Waals surface area contributed by atoms with Gasteiger partial charge in [0, 0.05) is 26.7 Å². The molecule has 0 saturated heterocycles. The lowest BCUT2D eigenvalue weighted by Gasteiger charge is -2.17. The molecule has 0 radical (unpaired) electrons. The van der Waals surface area contributed by atoms with Crippen LogP contribution in [-0.2, 0) is 13.1 Å². The number of nitrogens with one attached hydrogen (secondary N) is 2. The van der Waals surface area contributed by atoms with Gasteiger partial charge in [0.2, 0.25) is 0 Å². The molecule has 0 aliphatic carbocycles. The molecule has 0 aromatic heterocycles. The smallest absolute Gasteiger partial charge is 0.191 e. The summed E-state index contributed by atoms with van der Waals surface area (Å²) in [6.45, 7) is 6.92. The molecule has 2 rings (SSSR count). The van der Waals surface area contributed by atoms with Crippen molar-refractivity contribution in [3.8, 4) is 0 Å². The number of nitrogens with zero attached hydrogens (tertiary/aromatic N) is 2. The second-order valence-corrected chi connectivity index (χ2v) is 7.18. The molecule has 0 bridgehead atoms. The van der Waals surface area contributed by atoms with Crippen LogP contribution in [0, 0.1) is 6.92 Å². The van der Waals surface area contributed by atoms with E-state index in [9.17, 15) is 0 Å². The summed E-state index contributed by atoms with van der Waals surface area (Å²) in [6, 6.07) is 17.4. The number of hydrogen-bond donors (Lipinski definition) is 2. The highest BCUT2D eigenvalue weighted by molar-refractivity contribution is 14.0. The quantitative estimate of drug-likeness (QED) is 0.356. The minimum atomic E-state index is 0. The lowest BCUT2D eigenvalue weighted by atomic mass is 10.0. The molecule has 5 heteroatoms. The number of hydrogen-bond acceptors (Lipinski definition) is 2. The molecule has 0 amide bonds. The molecule has 2 aromatic rings. The highest BCUT2D eigenvalue weighted by Gasteiger charge is 2.07. The molecule has 1 atom stereocenters. The van der Waals surface area contributed by atoms with Crippen LogP contribution in [0.3, 0.4) is 0 Å². The van der Waals surface area contributed by atoms with E-state index in [0.717, 1.165) is 25.6 Å². The Bertz CT molecular complexity index is 711. The molecule has 4 nitrogen and oxygen atoms in total. The van der Waals surface area contributed by atoms with E-state index in [1.807, 2.05) is 7.05 Å². The van der Waals surface area contributed by atoms with E-state index in [1.165, 1.54) is 22.3 Å². The van der Waals surface area contributed by atoms with Gasteiger partial charge in [-0.3, -0.25) is 4.99 Å². The van der Waals surface area contributed by atoms with E-state index in [-0.39, 0.29) is 24.0 Å². The van der Waals surface area contributed by atoms with Gasteiger partial charge in [-0.05, 0) is 43.6 Å². The Labute approximate surface area is 181 Å². The standard InChI is InChI=1S/C22H32N4.HI/c1-17-9-11-21(12-10-17)18(2)14-24-22(23-3)25-15-19-7-6-8-20(13-19)16-26(4)5;/h6-13,18H,14-16H2,1-5H3,(H2,23,24,25);1H. The van der Waals surface area contributed by atoms with Crippen LogP contribution in [0.15, 0.2) is 53.5 Å². The fourth-order valence-corrected chi connectivity index (χ4v) is 2.87. The number of aliphatic imine (C=N–C) groups is 1. The van der Waals surface area contributed by atoms with E-state index >= 15 is 0 Å². The topological polar surface area (TPSA) is 39.7 Å². The van der Waals surface area contributed by atoms with E-state index in [1.54, 1.807) is 0 Å². The zero-order valence-corrected chi connectivity index (χ0v) is 19.5. The monoisotopic (exact) mass is 480 g/mol. The van der Waals surface area contributed by atoms with Crippen LogP contribution in [0.25, 0.3) is 0 Å². The van der Waals surface area contributed by atoms with Crippen LogP contribution < -0.4 is 10.6 Å². The highest BCUT2D eigenvalue weighted by atomic mass is 127. The van der Waals surface area contributed by atoms with E-state index in [0.29, 0.717) is 5.92 Å². The summed E-state index contributed by atoms with van der Waals surface area (Å²) in [5.41, 5.74) is 5.22. The van der Waals surface area contributed by atoms with Crippen LogP contribution in [0.2, 0.25) is 0 Å². The Morgan fingerprint density at radius 1 is 1.04 bits per heavy atom. The fraction of sp³-hybridized carbons (Fsp3) is 0.409. The molecule has 148 valence electrons. The Kier molecular flexibility index (Phi) is 10.4. The lowest BCUT2D eigenvalue weighted by Crippen LogP contribution is -2.38. The molecular formula is C22H33IN4. The largest absolute Gasteiger partial charge is 0.356 e. The minimum absolute atomic E-state index is 0. The molecule has 0 fully saturated rings. The van der Waals surface area contributed by atoms with Gasteiger partial charge in [0.1, 0.15) is 0 Å². The summed E-state index contributed by atoms with van der Waals surface area (Å²) in [6.07, 6.45) is 0. The summed E-state index contributed by atoms with van der Waals surface area (Å²) in [4.78, 5) is 6.52. The third kappa shape index (κ3) is 8.30. The first-order valence-electron chi connectivity index (χ1n) is 9.21. The molecule has 2 N–H and O–H groups in total. The maximum atomic E-state index is 4.34. The van der Waals surface area contributed by atoms with Gasteiger partial charge in [0.15, 0.2) is 5.96 Å². The maximum absolute atomic E-state index is 4.34. The molecule has 27 heavy (non-hydrogen) atoms. The SMILES string of the molecule is CN=C(NCc1cccc(CN(C)C)c1)NCC(C)c1ccc(C)cc1.I. The summed E-state index contributed by atoms with van der Waals surface area (Å²) >= 11 is 0. The van der Waals surface area contributed by atoms with Gasteiger partial charge in [0.05, 0.1) is 0 Å². The first kappa shape index (κ1) is 23.4. The van der Waals surface area contributed by atoms with Crippen LogP contribution in [-0.4, -0.2) is 38.5 Å². The average molecular weight is 480 g/mol. The maximum Gasteiger partial charge on any atom is 0.191 e. The van der Waals surface area contributed by atoms with Crippen LogP contribution in [0.5, 0.6) is 0 Å². The summed E-state index contributed by atoms with van der Waals surface area (Å²) in [5.74, 6) is 1.26. The Hall–Kier alpha value is -1.60. The first-order valence-corrected chi connectivity index (χ1v) is 9.21. The van der Waals surface area contributed by atoms with E-state index < -0.39 is 0 Å². The summed E-state index contributed by atoms with van der Waals surface area (Å²) in [7, 11) is 5.99. The van der Waals surface area contributed by atoms with Crippen molar-refractivity contribution in [3.63, 3.8) is 0 Å². The van der Waals surface area contributed by atoms with Crippen molar-refractivity contribution in [2.45, 2.75) is 32.9 Å². The van der Waals surface area contributed by atoms with Crippen molar-refractivity contribution in [1.82, 2.24) is 15.5 Å². The van der Waals surface area contributed by atoms with Gasteiger partial charge >= 0.3 is 0 Å². The van der Waals surface area contributed by atoms with Gasteiger partial charge < -0.3 is 15.5 Å². The number of aryl methyl sites for hydroxylation is 1. The number of rotatable bonds is 7. The van der Waals surface area contributed by atoms with Gasteiger partial charge in [-0.2, -0.15) is 0 Å². The van der Waals surface area contributed by atoms with Crippen molar-refractivity contribution in [1.29, 1.82) is 0 Å². The van der Waals surface area contributed by atoms with E-state index in [4.69, 9.17) is 0 Å². The molecular weight excluding hydrogens is 447 g/mol. The fourth-order valence-electron chi connectivity index (χ4n) is 2.87. The predicted octanol–water partition coefficient (Wildman–Crippen LogP) is 4.14. The molecule has 1 unspecified atom stereocenters. The zero-order valence-electron chi connectivity index (χ0n) is 17.1. The Morgan fingerprint density at radius 3 is 2.33 bits per heavy atom. The van der Waals surface area contributed by atoms with Crippen molar-refractivity contribution in [2.75, 3.05) is 27.7 Å². The van der Waals surface area contributed by atoms with Crippen molar-refractivity contribution in [3.05, 3.63) is 70.8 Å². The van der Waals surface area contributed by atoms with Crippen molar-refractivity contribution < 1.29 is 0 Å². The minimum Gasteiger partial charge on any atom is -0.356 e. The number of halogens is 1. The third-order valence-electron chi connectivity index (χ3n) is 4.40. The average Bonchev–Trinajstić information content (AvgIpc) is 2.62. The van der Waals surface area contributed by atoms with Gasteiger partial charge in [0.25, 0.3) is 0 Å². The van der Waals surface area contributed by atoms with Crippen molar-refractivity contribution in [2.24, 2.45) is 4.99 Å². The first-order chi connectivity index (χ1) is 12.5. The molecule has 2 aromatic carbocycles. The lowest BCUT2D eigenvalue weighted by molar-refractivity contribution is 0.402. The second-order valence-electron chi connectivity index (χ2n) is 7.18. The van der Waals surface area contributed by atoms with Gasteiger partial charge in [-0.1, -0.05) is 61.0 Å². The number of benzene rings is 2. The van der Waals surface area contributed by atoms with Crippen LogP contribution >= 0.6 is 24.0 Å². The van der Waals surface area contributed by atoms with Crippen LogP contribution in [0.1, 0.15) is 35.1 Å². The van der Waals surface area contributed by atoms with Gasteiger partial charge in [-0.15, -0.1) is 24.0 Å². The van der Waals surface area contributed by atoms with Crippen molar-refractivity contribution >= 4 is 29.9 Å². The Morgan fingerprint density at radius 2 is 1.70 bits per heavy atom.